The maximum Gasteiger partial charge on any atom is 0.419 e. The quantitative estimate of drug-likeness (QED) is 0.211. The molecule has 4 rings (SSSR count). The van der Waals surface area contributed by atoms with Crippen molar-refractivity contribution in [3.63, 3.8) is 0 Å². The molecule has 224 valence electrons. The van der Waals surface area contributed by atoms with Crippen LogP contribution in [0, 0.1) is 0 Å². The Balaban J connectivity index is 1.81. The van der Waals surface area contributed by atoms with Crippen molar-refractivity contribution in [3.05, 3.63) is 60.6 Å². The first-order valence-corrected chi connectivity index (χ1v) is 13.3. The summed E-state index contributed by atoms with van der Waals surface area (Å²) in [6, 6.07) is 8.90. The molecule has 0 spiro atoms. The van der Waals surface area contributed by atoms with E-state index in [2.05, 4.69) is 30.4 Å². The molecule has 42 heavy (non-hydrogen) atoms. The maximum atomic E-state index is 14.2. The fourth-order valence-corrected chi connectivity index (χ4v) is 4.57. The molecule has 0 fully saturated rings. The fraction of sp³-hybridized carbons (Fsp3) is 0.333. The van der Waals surface area contributed by atoms with Gasteiger partial charge in [0.05, 0.1) is 42.5 Å². The molecule has 0 saturated heterocycles. The van der Waals surface area contributed by atoms with Crippen molar-refractivity contribution in [2.75, 3.05) is 64.0 Å². The van der Waals surface area contributed by atoms with Gasteiger partial charge in [-0.15, -0.1) is 0 Å². The normalized spacial score (nSPS) is 11.9. The molecule has 0 bridgehead atoms. The summed E-state index contributed by atoms with van der Waals surface area (Å²) in [5.41, 5.74) is 2.01. The highest BCUT2D eigenvalue weighted by Gasteiger charge is 2.36. The van der Waals surface area contributed by atoms with E-state index in [9.17, 15) is 13.2 Å². The van der Waals surface area contributed by atoms with Gasteiger partial charge in [-0.25, -0.2) is 9.97 Å². The Bertz CT molecular complexity index is 1580. The lowest BCUT2D eigenvalue weighted by molar-refractivity contribution is -0.137. The van der Waals surface area contributed by atoms with Gasteiger partial charge in [-0.1, -0.05) is 6.08 Å². The zero-order valence-corrected chi connectivity index (χ0v) is 24.8. The van der Waals surface area contributed by atoms with E-state index in [1.807, 2.05) is 46.3 Å². The average molecular weight is 584 g/mol. The molecule has 0 aliphatic carbocycles. The summed E-state index contributed by atoms with van der Waals surface area (Å²) >= 11 is 0. The van der Waals surface area contributed by atoms with Crippen LogP contribution in [0.4, 0.5) is 36.2 Å². The van der Waals surface area contributed by atoms with Crippen molar-refractivity contribution in [1.29, 1.82) is 0 Å². The number of fused-ring (bicyclic) bond motifs is 1. The first kappa shape index (κ1) is 30.5. The summed E-state index contributed by atoms with van der Waals surface area (Å²) in [4.78, 5) is 12.6. The minimum absolute atomic E-state index is 0.00693. The third-order valence-electron chi connectivity index (χ3n) is 6.81. The topological polar surface area (TPSA) is 79.7 Å². The second-order valence-electron chi connectivity index (χ2n) is 10.1. The predicted octanol–water partition coefficient (Wildman–Crippen LogP) is 6.36. The molecule has 9 nitrogen and oxygen atoms in total. The standard InChI is InChI=1S/C30H36F3N7O2/c1-8-11-34-23-15-24(27(42-7)16-26(23)39(4)13-12-38(2)3)36-29-35-17-22(30(31,32)33)28(37-29)21-18-40(5)25-14-19(41-6)9-10-20(21)25/h8-11,14-18,34H,12-13H2,1-7H3,(H,35,36,37). The lowest BCUT2D eigenvalue weighted by Gasteiger charge is -2.26. The third kappa shape index (κ3) is 6.54. The number of allylic oxidation sites excluding steroid dienone is 1. The summed E-state index contributed by atoms with van der Waals surface area (Å²) in [6.45, 7) is 3.49. The van der Waals surface area contributed by atoms with Crippen LogP contribution >= 0.6 is 0 Å². The molecular weight excluding hydrogens is 547 g/mol. The molecule has 0 atom stereocenters. The molecule has 2 aromatic carbocycles. The third-order valence-corrected chi connectivity index (χ3v) is 6.81. The Morgan fingerprint density at radius 2 is 1.79 bits per heavy atom. The fourth-order valence-electron chi connectivity index (χ4n) is 4.57. The van der Waals surface area contributed by atoms with E-state index >= 15 is 0 Å². The van der Waals surface area contributed by atoms with E-state index in [1.165, 1.54) is 14.2 Å². The van der Waals surface area contributed by atoms with Crippen LogP contribution in [0.1, 0.15) is 12.5 Å². The molecular formula is C30H36F3N7O2. The summed E-state index contributed by atoms with van der Waals surface area (Å²) in [7, 11) is 10.8. The zero-order valence-electron chi connectivity index (χ0n) is 24.8. The van der Waals surface area contributed by atoms with Gasteiger partial charge in [-0.05, 0) is 45.4 Å². The number of anilines is 4. The van der Waals surface area contributed by atoms with Crippen LogP contribution in [-0.2, 0) is 13.2 Å². The number of hydrogen-bond donors (Lipinski definition) is 2. The van der Waals surface area contributed by atoms with Crippen LogP contribution in [0.15, 0.2) is 55.0 Å². The maximum absolute atomic E-state index is 14.2. The number of halogens is 3. The largest absolute Gasteiger partial charge is 0.497 e. The van der Waals surface area contributed by atoms with Gasteiger partial charge in [0.1, 0.15) is 17.1 Å². The highest BCUT2D eigenvalue weighted by Crippen LogP contribution is 2.41. The lowest BCUT2D eigenvalue weighted by atomic mass is 10.1. The SMILES string of the molecule is CC=CNc1cc(Nc2ncc(C(F)(F)F)c(-c3cn(C)c4cc(OC)ccc34)n2)c(OC)cc1N(C)CCN(C)C. The number of hydrogen-bond acceptors (Lipinski definition) is 8. The Labute approximate surface area is 243 Å². The lowest BCUT2D eigenvalue weighted by Crippen LogP contribution is -2.28. The number of nitrogens with zero attached hydrogens (tertiary/aromatic N) is 5. The van der Waals surface area contributed by atoms with Crippen LogP contribution in [0.2, 0.25) is 0 Å². The van der Waals surface area contributed by atoms with Crippen molar-refractivity contribution < 1.29 is 22.6 Å². The smallest absolute Gasteiger partial charge is 0.419 e. The molecule has 4 aromatic rings. The second kappa shape index (κ2) is 12.6. The summed E-state index contributed by atoms with van der Waals surface area (Å²) in [6.07, 6.45) is 1.44. The first-order chi connectivity index (χ1) is 20.0. The van der Waals surface area contributed by atoms with Gasteiger partial charge in [0.2, 0.25) is 5.95 Å². The van der Waals surface area contributed by atoms with E-state index in [-0.39, 0.29) is 11.6 Å². The van der Waals surface area contributed by atoms with Gasteiger partial charge in [0.25, 0.3) is 0 Å². The second-order valence-corrected chi connectivity index (χ2v) is 10.1. The number of aromatic nitrogens is 3. The van der Waals surface area contributed by atoms with Gasteiger partial charge in [-0.2, -0.15) is 13.2 Å². The Hall–Kier alpha value is -4.45. The van der Waals surface area contributed by atoms with Crippen molar-refractivity contribution >= 4 is 33.9 Å². The molecule has 12 heteroatoms. The van der Waals surface area contributed by atoms with Gasteiger partial charge >= 0.3 is 6.18 Å². The van der Waals surface area contributed by atoms with E-state index in [0.29, 0.717) is 33.7 Å². The van der Waals surface area contributed by atoms with Crippen LogP contribution in [0.5, 0.6) is 11.5 Å². The number of benzene rings is 2. The van der Waals surface area contributed by atoms with Gasteiger partial charge in [0, 0.05) is 62.7 Å². The van der Waals surface area contributed by atoms with E-state index in [1.54, 1.807) is 42.2 Å². The molecule has 0 amide bonds. The molecule has 0 saturated carbocycles. The molecule has 0 aliphatic heterocycles. The summed E-state index contributed by atoms with van der Waals surface area (Å²) < 4.78 is 55.2. The molecule has 0 radical (unpaired) electrons. The predicted molar refractivity (Wildman–Crippen MR) is 162 cm³/mol. The van der Waals surface area contributed by atoms with Crippen molar-refractivity contribution in [3.8, 4) is 22.8 Å². The molecule has 2 heterocycles. The summed E-state index contributed by atoms with van der Waals surface area (Å²) in [5.74, 6) is 1.07. The number of ether oxygens (including phenoxy) is 2. The zero-order chi connectivity index (χ0) is 30.6. The van der Waals surface area contributed by atoms with Crippen LogP contribution in [0.3, 0.4) is 0 Å². The number of alkyl halides is 3. The molecule has 2 aromatic heterocycles. The Kier molecular flexibility index (Phi) is 9.15. The number of likely N-dealkylation sites (N-methyl/N-ethyl adjacent to an activating group) is 2. The van der Waals surface area contributed by atoms with Gasteiger partial charge in [0.15, 0.2) is 0 Å². The monoisotopic (exact) mass is 583 g/mol. The Morgan fingerprint density at radius 1 is 1.02 bits per heavy atom. The highest BCUT2D eigenvalue weighted by atomic mass is 19.4. The first-order valence-electron chi connectivity index (χ1n) is 13.3. The number of rotatable bonds is 11. The van der Waals surface area contributed by atoms with Crippen LogP contribution < -0.4 is 25.0 Å². The van der Waals surface area contributed by atoms with Gasteiger partial charge in [-0.3, -0.25) is 0 Å². The average Bonchev–Trinajstić information content (AvgIpc) is 3.29. The van der Waals surface area contributed by atoms with Crippen molar-refractivity contribution in [2.24, 2.45) is 7.05 Å². The summed E-state index contributed by atoms with van der Waals surface area (Å²) in [5, 5.41) is 6.97. The van der Waals surface area contributed by atoms with E-state index in [4.69, 9.17) is 9.47 Å². The number of methoxy groups -OCH3 is 2. The van der Waals surface area contributed by atoms with Crippen LogP contribution in [0.25, 0.3) is 22.2 Å². The van der Waals surface area contributed by atoms with E-state index < -0.39 is 11.7 Å². The van der Waals surface area contributed by atoms with Crippen molar-refractivity contribution in [1.82, 2.24) is 19.4 Å². The number of aryl methyl sites for hydroxylation is 1. The highest BCUT2D eigenvalue weighted by molar-refractivity contribution is 5.97. The van der Waals surface area contributed by atoms with E-state index in [0.717, 1.165) is 30.7 Å². The minimum atomic E-state index is -4.66. The Morgan fingerprint density at radius 3 is 2.43 bits per heavy atom. The molecule has 0 unspecified atom stereocenters. The minimum Gasteiger partial charge on any atom is -0.497 e. The number of nitrogens with one attached hydrogen (secondary N) is 2. The van der Waals surface area contributed by atoms with Gasteiger partial charge < -0.3 is 34.5 Å². The molecule has 0 aliphatic rings. The van der Waals surface area contributed by atoms with Crippen molar-refractivity contribution in [2.45, 2.75) is 13.1 Å². The van der Waals surface area contributed by atoms with Crippen LogP contribution in [-0.4, -0.2) is 67.9 Å². The molecule has 2 N–H and O–H groups in total.